The highest BCUT2D eigenvalue weighted by molar-refractivity contribution is 5.98. The zero-order valence-electron chi connectivity index (χ0n) is 50.0. The molecule has 1 aliphatic heterocycles. The van der Waals surface area contributed by atoms with E-state index in [-0.39, 0.29) is 107 Å². The summed E-state index contributed by atoms with van der Waals surface area (Å²) in [4.78, 5) is 151. The SMILES string of the molecule is CCNC(=O)[C@@H]1CCCN1C(=O)C(CCCN=C(N)N)NC(=O)[C@H](CC(C)C)NC(=O)[C@H](CCCCNC(=O)c1ccccn1)NC(=O)C(CCCCNC(=O)c1ccccn1)NC(=O)[C@H](CO)NC(=O)[C@H](Cc1ccc2ccccc2c1)NC(C)=O. The Morgan fingerprint density at radius 3 is 1.67 bits per heavy atom. The summed E-state index contributed by atoms with van der Waals surface area (Å²) in [6.45, 7) is 6.78. The van der Waals surface area contributed by atoms with Crippen LogP contribution in [0.2, 0.25) is 0 Å². The molecule has 10 amide bonds. The second-order valence-electron chi connectivity index (χ2n) is 21.7. The molecule has 2 aromatic heterocycles. The van der Waals surface area contributed by atoms with E-state index in [9.17, 15) is 53.1 Å². The van der Waals surface area contributed by atoms with E-state index in [0.29, 0.717) is 37.8 Å². The fourth-order valence-corrected chi connectivity index (χ4v) is 9.93. The Bertz CT molecular complexity index is 2980. The number of unbranched alkanes of at least 4 members (excludes halogenated alkanes) is 2. The minimum absolute atomic E-state index is 0.0231. The van der Waals surface area contributed by atoms with E-state index in [2.05, 4.69) is 62.8 Å². The number of nitrogens with two attached hydrogens (primary N) is 2. The summed E-state index contributed by atoms with van der Waals surface area (Å²) >= 11 is 0. The Morgan fingerprint density at radius 2 is 1.13 bits per heavy atom. The van der Waals surface area contributed by atoms with Crippen molar-refractivity contribution in [3.63, 3.8) is 0 Å². The molecule has 5 rings (SSSR count). The highest BCUT2D eigenvalue weighted by Crippen LogP contribution is 2.21. The number of rotatable bonds is 35. The molecule has 14 N–H and O–H groups in total. The first-order chi connectivity index (χ1) is 41.8. The zero-order chi connectivity index (χ0) is 63.3. The van der Waals surface area contributed by atoms with Gasteiger partial charge in [-0.15, -0.1) is 0 Å². The molecule has 1 saturated heterocycles. The molecule has 4 aromatic rings. The average Bonchev–Trinajstić information content (AvgIpc) is 3.16. The number of aromatic nitrogens is 2. The minimum atomic E-state index is -1.64. The summed E-state index contributed by atoms with van der Waals surface area (Å²) < 4.78 is 0. The summed E-state index contributed by atoms with van der Waals surface area (Å²) in [5.41, 5.74) is 12.2. The number of carbonyl (C=O) groups is 10. The predicted octanol–water partition coefficient (Wildman–Crippen LogP) is 0.521. The van der Waals surface area contributed by atoms with Gasteiger partial charge in [-0.2, -0.15) is 0 Å². The van der Waals surface area contributed by atoms with Crippen molar-refractivity contribution >= 4 is 75.8 Å². The summed E-state index contributed by atoms with van der Waals surface area (Å²) in [6.07, 6.45) is 5.29. The Balaban J connectivity index is 1.40. The van der Waals surface area contributed by atoms with Gasteiger partial charge in [-0.1, -0.05) is 68.4 Å². The number of nitrogens with zero attached hydrogens (tertiary/aromatic N) is 4. The Hall–Kier alpha value is -9.07. The van der Waals surface area contributed by atoms with E-state index in [1.807, 2.05) is 56.3 Å². The molecular weight excluding hydrogens is 1120 g/mol. The van der Waals surface area contributed by atoms with Crippen LogP contribution in [0.1, 0.15) is 125 Å². The topological polar surface area (TPSA) is 393 Å². The van der Waals surface area contributed by atoms with Crippen LogP contribution in [0.4, 0.5) is 0 Å². The van der Waals surface area contributed by atoms with Gasteiger partial charge >= 0.3 is 0 Å². The lowest BCUT2D eigenvalue weighted by molar-refractivity contribution is -0.142. The Morgan fingerprint density at radius 1 is 0.609 bits per heavy atom. The standard InChI is InChI=1S/C61H85N15O11/c1-5-64-59(86)51-25-17-33-76(51)60(87)47(24-16-32-69-61(62)63)73-56(83)48(34-38(2)3)74-55(82)46(23-11-15-31-68-53(80)44-21-9-13-29-66-44)71-54(81)45(22-10-14-30-67-52(79)43-20-8-12-28-65-43)72-58(85)50(37-77)75-57(84)49(70-39(4)78)36-40-26-27-41-18-6-7-19-42(41)35-40/h6-9,12-13,18-21,26-29,35,38,45-51,77H,5,10-11,14-17,22-25,30-34,36-37H2,1-4H3,(H,64,86)(H,67,79)(H,68,80)(H,70,78)(H,71,81)(H,72,85)(H,73,83)(H,74,82)(H,75,84)(H4,62,63,69)/t45?,46-,47?,48-,49-,50-,51-/m0/s1. The molecule has 0 spiro atoms. The van der Waals surface area contributed by atoms with Gasteiger partial charge < -0.3 is 69.3 Å². The van der Waals surface area contributed by atoms with Crippen LogP contribution in [-0.2, 0) is 44.8 Å². The number of hydrogen-bond acceptors (Lipinski definition) is 14. The first-order valence-electron chi connectivity index (χ1n) is 29.7. The number of guanidine groups is 1. The van der Waals surface area contributed by atoms with Crippen molar-refractivity contribution in [1.82, 2.24) is 62.7 Å². The first kappa shape index (κ1) is 68.7. The second kappa shape index (κ2) is 36.0. The van der Waals surface area contributed by atoms with Crippen LogP contribution in [0, 0.1) is 5.92 Å². The van der Waals surface area contributed by atoms with Crippen molar-refractivity contribution in [2.45, 2.75) is 147 Å². The lowest BCUT2D eigenvalue weighted by Gasteiger charge is -2.30. The molecule has 26 nitrogen and oxygen atoms in total. The molecule has 2 aromatic carbocycles. The number of fused-ring (bicyclic) bond motifs is 1. The van der Waals surface area contributed by atoms with E-state index in [1.54, 1.807) is 43.3 Å². The van der Waals surface area contributed by atoms with E-state index < -0.39 is 102 Å². The van der Waals surface area contributed by atoms with Crippen molar-refractivity contribution in [3.8, 4) is 0 Å². The number of benzene rings is 2. The lowest BCUT2D eigenvalue weighted by atomic mass is 10.00. The van der Waals surface area contributed by atoms with Crippen LogP contribution in [0.3, 0.4) is 0 Å². The molecule has 0 aliphatic carbocycles. The summed E-state index contributed by atoms with van der Waals surface area (Å²) in [5, 5.41) is 37.0. The number of aliphatic hydroxyl groups excluding tert-OH is 1. The fraction of sp³-hybridized carbons (Fsp3) is 0.492. The number of nitrogens with one attached hydrogen (secondary N) is 9. The summed E-state index contributed by atoms with van der Waals surface area (Å²) in [5.74, 6) is -6.74. The van der Waals surface area contributed by atoms with Crippen LogP contribution in [0.5, 0.6) is 0 Å². The van der Waals surface area contributed by atoms with Gasteiger partial charge in [-0.25, -0.2) is 0 Å². The summed E-state index contributed by atoms with van der Waals surface area (Å²) in [6, 6.07) is 14.1. The quantitative estimate of drug-likeness (QED) is 0.0170. The summed E-state index contributed by atoms with van der Waals surface area (Å²) in [7, 11) is 0. The van der Waals surface area contributed by atoms with Gasteiger partial charge in [0.05, 0.1) is 6.61 Å². The third-order valence-corrected chi connectivity index (χ3v) is 14.3. The number of likely N-dealkylation sites (N-methyl/N-ethyl adjacent to an activating group) is 1. The van der Waals surface area contributed by atoms with E-state index in [4.69, 9.17) is 11.5 Å². The number of aliphatic imine (C=N–C) groups is 1. The number of carbonyl (C=O) groups excluding carboxylic acids is 10. The van der Waals surface area contributed by atoms with Gasteiger partial charge in [0.2, 0.25) is 47.3 Å². The normalized spacial score (nSPS) is 14.8. The number of pyridine rings is 2. The van der Waals surface area contributed by atoms with Gasteiger partial charge in [-0.05, 0) is 124 Å². The van der Waals surface area contributed by atoms with Crippen LogP contribution in [-0.4, -0.2) is 167 Å². The van der Waals surface area contributed by atoms with Crippen molar-refractivity contribution in [2.24, 2.45) is 22.4 Å². The molecule has 1 aliphatic rings. The molecule has 2 unspecified atom stereocenters. The van der Waals surface area contributed by atoms with Gasteiger partial charge in [0.1, 0.15) is 53.7 Å². The predicted molar refractivity (Wildman–Crippen MR) is 326 cm³/mol. The van der Waals surface area contributed by atoms with Crippen LogP contribution in [0.25, 0.3) is 10.8 Å². The van der Waals surface area contributed by atoms with E-state index in [0.717, 1.165) is 10.8 Å². The fourth-order valence-electron chi connectivity index (χ4n) is 9.93. The molecule has 7 atom stereocenters. The minimum Gasteiger partial charge on any atom is -0.394 e. The number of aliphatic hydroxyl groups is 1. The molecule has 0 radical (unpaired) electrons. The maximum atomic E-state index is 14.8. The lowest BCUT2D eigenvalue weighted by Crippen LogP contribution is -2.60. The molecule has 1 fully saturated rings. The van der Waals surface area contributed by atoms with E-state index >= 15 is 0 Å². The van der Waals surface area contributed by atoms with Crippen molar-refractivity contribution in [1.29, 1.82) is 0 Å². The van der Waals surface area contributed by atoms with Crippen molar-refractivity contribution < 1.29 is 53.1 Å². The molecule has 0 bridgehead atoms. The first-order valence-corrected chi connectivity index (χ1v) is 29.7. The third-order valence-electron chi connectivity index (χ3n) is 14.3. The maximum absolute atomic E-state index is 14.8. The molecule has 0 saturated carbocycles. The smallest absolute Gasteiger partial charge is 0.269 e. The molecule has 470 valence electrons. The van der Waals surface area contributed by atoms with Crippen LogP contribution >= 0.6 is 0 Å². The van der Waals surface area contributed by atoms with Gasteiger partial charge in [0.25, 0.3) is 11.8 Å². The highest BCUT2D eigenvalue weighted by atomic mass is 16.3. The van der Waals surface area contributed by atoms with Crippen molar-refractivity contribution in [3.05, 3.63) is 108 Å². The number of amides is 10. The number of hydrogen-bond donors (Lipinski definition) is 12. The van der Waals surface area contributed by atoms with Crippen LogP contribution < -0.4 is 59.3 Å². The molecule has 87 heavy (non-hydrogen) atoms. The molecular formula is C61H85N15O11. The van der Waals surface area contributed by atoms with Crippen molar-refractivity contribution in [2.75, 3.05) is 39.3 Å². The zero-order valence-corrected chi connectivity index (χ0v) is 50.0. The third kappa shape index (κ3) is 23.0. The molecule has 3 heterocycles. The van der Waals surface area contributed by atoms with E-state index in [1.165, 1.54) is 24.2 Å². The highest BCUT2D eigenvalue weighted by Gasteiger charge is 2.39. The van der Waals surface area contributed by atoms with Gasteiger partial charge in [0.15, 0.2) is 5.96 Å². The Kier molecular flexibility index (Phi) is 28.5. The largest absolute Gasteiger partial charge is 0.394 e. The van der Waals surface area contributed by atoms with Gasteiger partial charge in [0, 0.05) is 58.5 Å². The monoisotopic (exact) mass is 1200 g/mol. The average molecular weight is 1200 g/mol. The van der Waals surface area contributed by atoms with Gasteiger partial charge in [-0.3, -0.25) is 62.9 Å². The van der Waals surface area contributed by atoms with Crippen LogP contribution in [0.15, 0.2) is 96.2 Å². The second-order valence-corrected chi connectivity index (χ2v) is 21.7. The Labute approximate surface area is 506 Å². The number of likely N-dealkylation sites (tertiary alicyclic amines) is 1. The molecule has 26 heteroatoms. The maximum Gasteiger partial charge on any atom is 0.269 e.